The zero-order chi connectivity index (χ0) is 20.7. The summed E-state index contributed by atoms with van der Waals surface area (Å²) in [5.41, 5.74) is 0.481. The van der Waals surface area contributed by atoms with Crippen LogP contribution in [0.3, 0.4) is 0 Å². The minimum atomic E-state index is -3.85. The van der Waals surface area contributed by atoms with Crippen LogP contribution in [0.4, 0.5) is 5.69 Å². The van der Waals surface area contributed by atoms with Gasteiger partial charge >= 0.3 is 0 Å². The van der Waals surface area contributed by atoms with Crippen LogP contribution in [-0.2, 0) is 24.4 Å². The van der Waals surface area contributed by atoms with E-state index in [4.69, 9.17) is 0 Å². The molecule has 9 nitrogen and oxygen atoms in total. The highest BCUT2D eigenvalue weighted by Crippen LogP contribution is 2.17. The molecule has 0 atom stereocenters. The third kappa shape index (κ3) is 6.03. The standard InChI is InChI=1S/C18H26N4O5S/c1-14(23)20-15-5-7-16(8-6-15)28(26,27)21(2)13-17(24)19-10-9-18(25)22-11-3-4-12-22/h5-8H,3-4,9-13H2,1-2H3,(H,19,24)(H,20,23). The van der Waals surface area contributed by atoms with Crippen molar-refractivity contribution >= 4 is 33.4 Å². The lowest BCUT2D eigenvalue weighted by atomic mass is 10.3. The zero-order valence-corrected chi connectivity index (χ0v) is 16.9. The molecule has 1 fully saturated rings. The lowest BCUT2D eigenvalue weighted by Gasteiger charge is -2.18. The smallest absolute Gasteiger partial charge is 0.243 e. The van der Waals surface area contributed by atoms with Gasteiger partial charge in [0, 0.05) is 45.7 Å². The van der Waals surface area contributed by atoms with E-state index in [1.54, 1.807) is 4.90 Å². The maximum absolute atomic E-state index is 12.6. The summed E-state index contributed by atoms with van der Waals surface area (Å²) >= 11 is 0. The van der Waals surface area contributed by atoms with Crippen LogP contribution in [0.15, 0.2) is 29.2 Å². The number of nitrogens with one attached hydrogen (secondary N) is 2. The summed E-state index contributed by atoms with van der Waals surface area (Å²) in [5, 5.41) is 5.14. The number of anilines is 1. The highest BCUT2D eigenvalue weighted by Gasteiger charge is 2.23. The quantitative estimate of drug-likeness (QED) is 0.643. The van der Waals surface area contributed by atoms with Crippen LogP contribution in [0.25, 0.3) is 0 Å². The molecule has 0 aromatic heterocycles. The molecule has 2 rings (SSSR count). The van der Waals surface area contributed by atoms with E-state index in [9.17, 15) is 22.8 Å². The molecule has 1 aliphatic heterocycles. The first-order chi connectivity index (χ1) is 13.2. The van der Waals surface area contributed by atoms with Crippen LogP contribution in [0.1, 0.15) is 26.2 Å². The number of nitrogens with zero attached hydrogens (tertiary/aromatic N) is 2. The summed E-state index contributed by atoms with van der Waals surface area (Å²) in [4.78, 5) is 36.8. The average Bonchev–Trinajstić information content (AvgIpc) is 3.16. The molecule has 1 aromatic rings. The summed E-state index contributed by atoms with van der Waals surface area (Å²) in [5.74, 6) is -0.735. The number of likely N-dealkylation sites (N-methyl/N-ethyl adjacent to an activating group) is 1. The van der Waals surface area contributed by atoms with Crippen LogP contribution >= 0.6 is 0 Å². The maximum Gasteiger partial charge on any atom is 0.243 e. The number of carbonyl (C=O) groups is 3. The van der Waals surface area contributed by atoms with Gasteiger partial charge in [0.15, 0.2) is 0 Å². The second-order valence-electron chi connectivity index (χ2n) is 6.65. The fourth-order valence-electron chi connectivity index (χ4n) is 2.87. The van der Waals surface area contributed by atoms with Crippen molar-refractivity contribution in [1.29, 1.82) is 0 Å². The van der Waals surface area contributed by atoms with Crippen LogP contribution in [0.5, 0.6) is 0 Å². The van der Waals surface area contributed by atoms with Crippen molar-refractivity contribution in [2.75, 3.05) is 38.5 Å². The molecule has 1 saturated heterocycles. The molecule has 10 heteroatoms. The van der Waals surface area contributed by atoms with E-state index in [1.165, 1.54) is 38.2 Å². The highest BCUT2D eigenvalue weighted by molar-refractivity contribution is 7.89. The van der Waals surface area contributed by atoms with Crippen molar-refractivity contribution < 1.29 is 22.8 Å². The van der Waals surface area contributed by atoms with Crippen molar-refractivity contribution in [3.63, 3.8) is 0 Å². The third-order valence-electron chi connectivity index (χ3n) is 4.37. The SMILES string of the molecule is CC(=O)Nc1ccc(S(=O)(=O)N(C)CC(=O)NCCC(=O)N2CCCC2)cc1. The fraction of sp³-hybridized carbons (Fsp3) is 0.500. The molecule has 1 aliphatic rings. The van der Waals surface area contributed by atoms with E-state index in [0.29, 0.717) is 5.69 Å². The maximum atomic E-state index is 12.6. The summed E-state index contributed by atoms with van der Waals surface area (Å²) in [6, 6.07) is 5.69. The van der Waals surface area contributed by atoms with Gasteiger partial charge in [-0.3, -0.25) is 14.4 Å². The number of sulfonamides is 1. The second kappa shape index (κ2) is 9.65. The van der Waals surface area contributed by atoms with E-state index >= 15 is 0 Å². The monoisotopic (exact) mass is 410 g/mol. The first-order valence-corrected chi connectivity index (χ1v) is 10.5. The number of hydrogen-bond donors (Lipinski definition) is 2. The summed E-state index contributed by atoms with van der Waals surface area (Å²) in [6.45, 7) is 2.69. The van der Waals surface area contributed by atoms with Crippen molar-refractivity contribution in [2.24, 2.45) is 0 Å². The number of benzene rings is 1. The number of hydrogen-bond acceptors (Lipinski definition) is 5. The largest absolute Gasteiger partial charge is 0.354 e. The minimum Gasteiger partial charge on any atom is -0.354 e. The Morgan fingerprint density at radius 2 is 1.71 bits per heavy atom. The Bertz CT molecular complexity index is 817. The molecule has 154 valence electrons. The van der Waals surface area contributed by atoms with Gasteiger partial charge in [-0.2, -0.15) is 4.31 Å². The molecule has 3 amide bonds. The Morgan fingerprint density at radius 1 is 1.11 bits per heavy atom. The Labute approximate surface area is 165 Å². The summed E-state index contributed by atoms with van der Waals surface area (Å²) in [7, 11) is -2.54. The van der Waals surface area contributed by atoms with Crippen molar-refractivity contribution in [3.05, 3.63) is 24.3 Å². The van der Waals surface area contributed by atoms with Crippen molar-refractivity contribution in [1.82, 2.24) is 14.5 Å². The van der Waals surface area contributed by atoms with Gasteiger partial charge < -0.3 is 15.5 Å². The summed E-state index contributed by atoms with van der Waals surface area (Å²) in [6.07, 6.45) is 2.21. The van der Waals surface area contributed by atoms with Gasteiger partial charge in [-0.15, -0.1) is 0 Å². The Hall–Kier alpha value is -2.46. The molecule has 0 aliphatic carbocycles. The van der Waals surface area contributed by atoms with E-state index in [0.717, 1.165) is 30.2 Å². The van der Waals surface area contributed by atoms with Gasteiger partial charge in [0.05, 0.1) is 11.4 Å². The fourth-order valence-corrected chi connectivity index (χ4v) is 4.00. The van der Waals surface area contributed by atoms with Gasteiger partial charge in [0.25, 0.3) is 0 Å². The van der Waals surface area contributed by atoms with Crippen LogP contribution in [-0.4, -0.2) is 68.6 Å². The normalized spacial score (nSPS) is 14.2. The number of carbonyl (C=O) groups excluding carboxylic acids is 3. The molecule has 0 spiro atoms. The topological polar surface area (TPSA) is 116 Å². The molecule has 2 N–H and O–H groups in total. The second-order valence-corrected chi connectivity index (χ2v) is 8.70. The molecule has 1 aromatic carbocycles. The van der Waals surface area contributed by atoms with Crippen molar-refractivity contribution in [2.45, 2.75) is 31.1 Å². The van der Waals surface area contributed by atoms with E-state index in [1.807, 2.05) is 0 Å². The van der Waals surface area contributed by atoms with E-state index < -0.39 is 15.9 Å². The third-order valence-corrected chi connectivity index (χ3v) is 6.19. The van der Waals surface area contributed by atoms with Gasteiger partial charge in [-0.1, -0.05) is 0 Å². The Kier molecular flexibility index (Phi) is 7.53. The highest BCUT2D eigenvalue weighted by atomic mass is 32.2. The number of likely N-dealkylation sites (tertiary alicyclic amines) is 1. The van der Waals surface area contributed by atoms with Crippen LogP contribution in [0.2, 0.25) is 0 Å². The zero-order valence-electron chi connectivity index (χ0n) is 16.1. The van der Waals surface area contributed by atoms with E-state index in [2.05, 4.69) is 10.6 Å². The average molecular weight is 410 g/mol. The lowest BCUT2D eigenvalue weighted by molar-refractivity contribution is -0.130. The van der Waals surface area contributed by atoms with Crippen molar-refractivity contribution in [3.8, 4) is 0 Å². The van der Waals surface area contributed by atoms with E-state index in [-0.39, 0.29) is 36.2 Å². The molecule has 0 bridgehead atoms. The van der Waals surface area contributed by atoms with Gasteiger partial charge in [-0.25, -0.2) is 8.42 Å². The molecule has 1 heterocycles. The molecular weight excluding hydrogens is 384 g/mol. The molecule has 28 heavy (non-hydrogen) atoms. The predicted octanol–water partition coefficient (Wildman–Crippen LogP) is 0.394. The van der Waals surface area contributed by atoms with Gasteiger partial charge in [-0.05, 0) is 37.1 Å². The Morgan fingerprint density at radius 3 is 2.29 bits per heavy atom. The lowest BCUT2D eigenvalue weighted by Crippen LogP contribution is -2.39. The van der Waals surface area contributed by atoms with Gasteiger partial charge in [0.1, 0.15) is 0 Å². The van der Waals surface area contributed by atoms with Crippen LogP contribution < -0.4 is 10.6 Å². The molecule has 0 saturated carbocycles. The minimum absolute atomic E-state index is 0.00182. The Balaban J connectivity index is 1.84. The molecular formula is C18H26N4O5S. The first kappa shape index (κ1) is 21.8. The molecule has 0 unspecified atom stereocenters. The first-order valence-electron chi connectivity index (χ1n) is 9.08. The van der Waals surface area contributed by atoms with Gasteiger partial charge in [0.2, 0.25) is 27.7 Å². The summed E-state index contributed by atoms with van der Waals surface area (Å²) < 4.78 is 26.1. The predicted molar refractivity (Wildman–Crippen MR) is 104 cm³/mol. The molecule has 0 radical (unpaired) electrons. The number of amides is 3. The van der Waals surface area contributed by atoms with Crippen LogP contribution in [0, 0.1) is 0 Å². The number of rotatable bonds is 8.